The third-order valence-corrected chi connectivity index (χ3v) is 5.98. The van der Waals surface area contributed by atoms with Crippen molar-refractivity contribution in [3.63, 3.8) is 0 Å². The molecule has 3 nitrogen and oxygen atoms in total. The Labute approximate surface area is 151 Å². The molecule has 4 heteroatoms. The van der Waals surface area contributed by atoms with Gasteiger partial charge in [-0.1, -0.05) is 48.5 Å². The molecule has 0 fully saturated rings. The first kappa shape index (κ1) is 14.7. The summed E-state index contributed by atoms with van der Waals surface area (Å²) in [6, 6.07) is 21.2. The molecule has 0 saturated heterocycles. The number of hydrogen-bond donors (Lipinski definition) is 0. The fourth-order valence-electron chi connectivity index (χ4n) is 3.65. The fourth-order valence-corrected chi connectivity index (χ4v) is 4.59. The summed E-state index contributed by atoms with van der Waals surface area (Å²) in [5.74, 6) is 0.978. The summed E-state index contributed by atoms with van der Waals surface area (Å²) in [6.45, 7) is 2.14. The van der Waals surface area contributed by atoms with Crippen LogP contribution in [0.25, 0.3) is 0 Å². The molecule has 2 aromatic carbocycles. The van der Waals surface area contributed by atoms with E-state index in [0.717, 1.165) is 17.9 Å². The number of ether oxygens (including phenoxy) is 1. The molecular weight excluding hydrogens is 328 g/mol. The van der Waals surface area contributed by atoms with Crippen molar-refractivity contribution in [1.82, 2.24) is 5.01 Å². The van der Waals surface area contributed by atoms with Crippen LogP contribution in [0, 0.1) is 6.92 Å². The van der Waals surface area contributed by atoms with Gasteiger partial charge in [0.1, 0.15) is 5.75 Å². The summed E-state index contributed by atoms with van der Waals surface area (Å²) in [7, 11) is 0. The maximum absolute atomic E-state index is 6.38. The van der Waals surface area contributed by atoms with Gasteiger partial charge in [-0.2, -0.15) is 5.10 Å². The molecule has 3 heterocycles. The Bertz CT molecular complexity index is 947. The Morgan fingerprint density at radius 3 is 2.64 bits per heavy atom. The van der Waals surface area contributed by atoms with Crippen LogP contribution in [0.3, 0.4) is 0 Å². The maximum atomic E-state index is 6.38. The zero-order valence-corrected chi connectivity index (χ0v) is 14.7. The number of hydrogen-bond acceptors (Lipinski definition) is 4. The van der Waals surface area contributed by atoms with Gasteiger partial charge in [-0.15, -0.1) is 11.3 Å². The SMILES string of the molecule is Cc1ccsc1[C@H]1Oc2ccccc2[C@H]2CC(c3ccccc3)=NN21. The van der Waals surface area contributed by atoms with Gasteiger partial charge in [-0.05, 0) is 35.6 Å². The van der Waals surface area contributed by atoms with Gasteiger partial charge in [0, 0.05) is 12.0 Å². The summed E-state index contributed by atoms with van der Waals surface area (Å²) in [5, 5.41) is 9.27. The normalized spacial score (nSPS) is 21.3. The molecule has 25 heavy (non-hydrogen) atoms. The molecular formula is C21H18N2OS. The predicted octanol–water partition coefficient (Wildman–Crippen LogP) is 5.30. The molecule has 0 amide bonds. The molecule has 0 bridgehead atoms. The fraction of sp³-hybridized carbons (Fsp3) is 0.190. The van der Waals surface area contributed by atoms with Gasteiger partial charge < -0.3 is 4.74 Å². The lowest BCUT2D eigenvalue weighted by Crippen LogP contribution is -2.33. The van der Waals surface area contributed by atoms with Crippen LogP contribution in [0.4, 0.5) is 0 Å². The van der Waals surface area contributed by atoms with Crippen molar-refractivity contribution in [1.29, 1.82) is 0 Å². The monoisotopic (exact) mass is 346 g/mol. The van der Waals surface area contributed by atoms with Crippen molar-refractivity contribution in [3.05, 3.63) is 87.6 Å². The average Bonchev–Trinajstić information content (AvgIpc) is 3.28. The largest absolute Gasteiger partial charge is 0.464 e. The van der Waals surface area contributed by atoms with Crippen LogP contribution in [0.5, 0.6) is 5.75 Å². The number of para-hydroxylation sites is 1. The molecule has 5 rings (SSSR count). The van der Waals surface area contributed by atoms with Crippen LogP contribution in [0.2, 0.25) is 0 Å². The first-order chi connectivity index (χ1) is 12.3. The zero-order valence-electron chi connectivity index (χ0n) is 13.9. The molecule has 0 unspecified atom stereocenters. The highest BCUT2D eigenvalue weighted by Crippen LogP contribution is 2.48. The Hall–Kier alpha value is -2.59. The Kier molecular flexibility index (Phi) is 3.38. The molecule has 0 N–H and O–H groups in total. The third kappa shape index (κ3) is 2.36. The summed E-state index contributed by atoms with van der Waals surface area (Å²) in [5.41, 5.74) is 4.81. The maximum Gasteiger partial charge on any atom is 0.223 e. The molecule has 2 aliphatic heterocycles. The highest BCUT2D eigenvalue weighted by atomic mass is 32.1. The highest BCUT2D eigenvalue weighted by Gasteiger charge is 2.41. The summed E-state index contributed by atoms with van der Waals surface area (Å²) < 4.78 is 6.38. The number of benzene rings is 2. The van der Waals surface area contributed by atoms with Crippen molar-refractivity contribution in [2.75, 3.05) is 0 Å². The first-order valence-corrected chi connectivity index (χ1v) is 9.40. The van der Waals surface area contributed by atoms with E-state index in [2.05, 4.69) is 65.8 Å². The van der Waals surface area contributed by atoms with E-state index in [1.54, 1.807) is 11.3 Å². The molecule has 2 aliphatic rings. The minimum absolute atomic E-state index is 0.152. The zero-order chi connectivity index (χ0) is 16.8. The smallest absolute Gasteiger partial charge is 0.223 e. The molecule has 0 radical (unpaired) electrons. The van der Waals surface area contributed by atoms with Gasteiger partial charge in [-0.25, -0.2) is 5.01 Å². The topological polar surface area (TPSA) is 24.8 Å². The molecule has 2 atom stereocenters. The van der Waals surface area contributed by atoms with E-state index >= 15 is 0 Å². The van der Waals surface area contributed by atoms with Gasteiger partial charge in [-0.3, -0.25) is 0 Å². The quantitative estimate of drug-likeness (QED) is 0.629. The molecule has 124 valence electrons. The summed E-state index contributed by atoms with van der Waals surface area (Å²) >= 11 is 1.74. The molecule has 1 aromatic heterocycles. The van der Waals surface area contributed by atoms with E-state index in [9.17, 15) is 0 Å². The Balaban J connectivity index is 1.62. The lowest BCUT2D eigenvalue weighted by molar-refractivity contribution is -0.0169. The number of fused-ring (bicyclic) bond motifs is 3. The van der Waals surface area contributed by atoms with E-state index in [1.807, 2.05) is 12.1 Å². The van der Waals surface area contributed by atoms with Crippen molar-refractivity contribution >= 4 is 17.0 Å². The number of rotatable bonds is 2. The Morgan fingerprint density at radius 2 is 1.84 bits per heavy atom. The van der Waals surface area contributed by atoms with Crippen LogP contribution < -0.4 is 4.74 Å². The lowest BCUT2D eigenvalue weighted by Gasteiger charge is -2.37. The standard InChI is InChI=1S/C21H18N2OS/c1-14-11-12-25-20(14)21-23-18(16-9-5-6-10-19(16)24-21)13-17(22-23)15-7-3-2-4-8-15/h2-12,18,21H,13H2,1H3/t18-,21-/m1/s1. The molecule has 0 aliphatic carbocycles. The predicted molar refractivity (Wildman–Crippen MR) is 101 cm³/mol. The second kappa shape index (κ2) is 5.74. The van der Waals surface area contributed by atoms with E-state index in [1.165, 1.54) is 21.6 Å². The van der Waals surface area contributed by atoms with Gasteiger partial charge in [0.25, 0.3) is 0 Å². The number of aryl methyl sites for hydroxylation is 1. The van der Waals surface area contributed by atoms with Crippen LogP contribution in [0.1, 0.15) is 40.3 Å². The van der Waals surface area contributed by atoms with E-state index < -0.39 is 0 Å². The second-order valence-corrected chi connectivity index (χ2v) is 7.44. The number of nitrogens with zero attached hydrogens (tertiary/aromatic N) is 2. The third-order valence-electron chi connectivity index (χ3n) is 4.93. The number of thiophene rings is 1. The van der Waals surface area contributed by atoms with Crippen LogP contribution in [-0.4, -0.2) is 10.7 Å². The van der Waals surface area contributed by atoms with Gasteiger partial charge in [0.15, 0.2) is 0 Å². The van der Waals surface area contributed by atoms with Crippen LogP contribution in [-0.2, 0) is 0 Å². The average molecular weight is 346 g/mol. The molecule has 0 saturated carbocycles. The highest BCUT2D eigenvalue weighted by molar-refractivity contribution is 7.10. The minimum Gasteiger partial charge on any atom is -0.464 e. The second-order valence-electron chi connectivity index (χ2n) is 6.49. The lowest BCUT2D eigenvalue weighted by atomic mass is 9.96. The van der Waals surface area contributed by atoms with Crippen molar-refractivity contribution in [3.8, 4) is 5.75 Å². The number of hydrazone groups is 1. The van der Waals surface area contributed by atoms with Crippen LogP contribution >= 0.6 is 11.3 Å². The molecule has 0 spiro atoms. The van der Waals surface area contributed by atoms with E-state index in [0.29, 0.717) is 0 Å². The van der Waals surface area contributed by atoms with Gasteiger partial charge in [0.05, 0.1) is 16.6 Å². The van der Waals surface area contributed by atoms with Gasteiger partial charge >= 0.3 is 0 Å². The van der Waals surface area contributed by atoms with Crippen molar-refractivity contribution in [2.45, 2.75) is 25.6 Å². The molecule has 3 aromatic rings. The van der Waals surface area contributed by atoms with Crippen LogP contribution in [0.15, 0.2) is 71.1 Å². The summed E-state index contributed by atoms with van der Waals surface area (Å²) in [6.07, 6.45) is 0.756. The minimum atomic E-state index is -0.152. The van der Waals surface area contributed by atoms with Crippen molar-refractivity contribution in [2.24, 2.45) is 5.10 Å². The van der Waals surface area contributed by atoms with E-state index in [4.69, 9.17) is 9.84 Å². The van der Waals surface area contributed by atoms with E-state index in [-0.39, 0.29) is 12.3 Å². The first-order valence-electron chi connectivity index (χ1n) is 8.52. The van der Waals surface area contributed by atoms with Gasteiger partial charge in [0.2, 0.25) is 6.23 Å². The van der Waals surface area contributed by atoms with Crippen molar-refractivity contribution < 1.29 is 4.74 Å². The summed E-state index contributed by atoms with van der Waals surface area (Å²) in [4.78, 5) is 1.23. The Morgan fingerprint density at radius 1 is 1.04 bits per heavy atom.